The lowest BCUT2D eigenvalue weighted by Crippen LogP contribution is -2.25. The summed E-state index contributed by atoms with van der Waals surface area (Å²) in [5.41, 5.74) is 14.1. The second kappa shape index (κ2) is 9.10. The molecular formula is C46H26N2S. The molecule has 2 aliphatic rings. The van der Waals surface area contributed by atoms with E-state index in [9.17, 15) is 0 Å². The molecule has 3 heteroatoms. The van der Waals surface area contributed by atoms with E-state index in [1.165, 1.54) is 103 Å². The molecule has 12 rings (SSSR count). The summed E-state index contributed by atoms with van der Waals surface area (Å²) in [5.74, 6) is 0. The van der Waals surface area contributed by atoms with Gasteiger partial charge in [0.25, 0.3) is 0 Å². The van der Waals surface area contributed by atoms with E-state index in [-0.39, 0.29) is 5.41 Å². The highest BCUT2D eigenvalue weighted by atomic mass is 32.1. The molecule has 0 fully saturated rings. The lowest BCUT2D eigenvalue weighted by molar-refractivity contribution is 0.793. The van der Waals surface area contributed by atoms with Gasteiger partial charge in [-0.3, -0.25) is 4.98 Å². The smallest absolute Gasteiger partial charge is 0.0725 e. The van der Waals surface area contributed by atoms with Gasteiger partial charge in [-0.2, -0.15) is 0 Å². The highest BCUT2D eigenvalue weighted by Gasteiger charge is 2.51. The first kappa shape index (κ1) is 26.0. The Labute approximate surface area is 286 Å². The summed E-state index contributed by atoms with van der Waals surface area (Å²) < 4.78 is 5.14. The van der Waals surface area contributed by atoms with Gasteiger partial charge >= 0.3 is 0 Å². The van der Waals surface area contributed by atoms with Crippen LogP contribution in [0, 0.1) is 0 Å². The molecule has 2 nitrogen and oxygen atoms in total. The van der Waals surface area contributed by atoms with Crippen LogP contribution in [0.5, 0.6) is 0 Å². The molecule has 7 aromatic carbocycles. The van der Waals surface area contributed by atoms with Crippen molar-refractivity contribution in [1.82, 2.24) is 9.55 Å². The standard InChI is InChI=1S/C46H26N2S/c1-6-16-36-28(11-1)29-12-2-7-17-37(29)46(36)38-18-8-3-13-30(38)34-25-27(21-22-39(34)46)48-40-19-9-4-14-32(40)42-31-23-24-47-26-35(31)45-43(44(42)48)33-15-5-10-20-41(33)49-45/h1-26H. The summed E-state index contributed by atoms with van der Waals surface area (Å²) in [6, 6.07) is 54.4. The van der Waals surface area contributed by atoms with E-state index in [1.807, 2.05) is 17.5 Å². The van der Waals surface area contributed by atoms with Crippen molar-refractivity contribution < 1.29 is 0 Å². The predicted octanol–water partition coefficient (Wildman–Crippen LogP) is 12.0. The maximum atomic E-state index is 4.61. The molecule has 0 radical (unpaired) electrons. The van der Waals surface area contributed by atoms with Gasteiger partial charge in [0.15, 0.2) is 0 Å². The van der Waals surface area contributed by atoms with Crippen molar-refractivity contribution >= 4 is 64.1 Å². The van der Waals surface area contributed by atoms with E-state index in [0.717, 1.165) is 0 Å². The topological polar surface area (TPSA) is 17.8 Å². The van der Waals surface area contributed by atoms with Gasteiger partial charge in [-0.15, -0.1) is 11.3 Å². The fourth-order valence-electron chi connectivity index (χ4n) is 9.51. The van der Waals surface area contributed by atoms with Crippen LogP contribution in [0.2, 0.25) is 0 Å². The Morgan fingerprint density at radius 1 is 0.490 bits per heavy atom. The van der Waals surface area contributed by atoms with Gasteiger partial charge in [0.05, 0.1) is 16.4 Å². The number of para-hydroxylation sites is 1. The van der Waals surface area contributed by atoms with Crippen molar-refractivity contribution in [2.75, 3.05) is 0 Å². The number of hydrogen-bond acceptors (Lipinski definition) is 2. The Kier molecular flexibility index (Phi) is 4.83. The molecule has 0 unspecified atom stereocenters. The number of fused-ring (bicyclic) bond motifs is 20. The molecule has 0 saturated heterocycles. The zero-order valence-corrected chi connectivity index (χ0v) is 27.1. The number of nitrogens with zero attached hydrogens (tertiary/aromatic N) is 2. The first-order valence-electron chi connectivity index (χ1n) is 16.9. The minimum absolute atomic E-state index is 0.349. The van der Waals surface area contributed by atoms with E-state index in [0.29, 0.717) is 0 Å². The Morgan fingerprint density at radius 3 is 1.86 bits per heavy atom. The third-order valence-corrected chi connectivity index (χ3v) is 12.5. The number of rotatable bonds is 1. The molecule has 3 heterocycles. The van der Waals surface area contributed by atoms with Crippen LogP contribution in [0.25, 0.3) is 80.7 Å². The SMILES string of the molecule is c1ccc2c(c1)-c1ccccc1C21c2ccccc2-c2cc(-n3c4ccccc4c4c5ccncc5c5sc6ccccc6c5c43)ccc21. The van der Waals surface area contributed by atoms with E-state index in [2.05, 4.69) is 161 Å². The maximum absolute atomic E-state index is 4.61. The largest absolute Gasteiger partial charge is 0.309 e. The Balaban J connectivity index is 1.25. The lowest BCUT2D eigenvalue weighted by Gasteiger charge is -2.30. The zero-order valence-electron chi connectivity index (χ0n) is 26.3. The lowest BCUT2D eigenvalue weighted by atomic mass is 9.70. The van der Waals surface area contributed by atoms with Gasteiger partial charge in [-0.25, -0.2) is 0 Å². The van der Waals surface area contributed by atoms with Crippen LogP contribution in [-0.2, 0) is 5.41 Å². The summed E-state index contributed by atoms with van der Waals surface area (Å²) in [6.45, 7) is 0. The van der Waals surface area contributed by atoms with Crippen LogP contribution < -0.4 is 0 Å². The second-order valence-electron chi connectivity index (χ2n) is 13.4. The van der Waals surface area contributed by atoms with Gasteiger partial charge in [0.1, 0.15) is 0 Å². The van der Waals surface area contributed by atoms with Crippen molar-refractivity contribution in [3.63, 3.8) is 0 Å². The number of hydrogen-bond donors (Lipinski definition) is 0. The molecular weight excluding hydrogens is 613 g/mol. The summed E-state index contributed by atoms with van der Waals surface area (Å²) >= 11 is 1.88. The Hall–Kier alpha value is -6.03. The van der Waals surface area contributed by atoms with Gasteiger partial charge < -0.3 is 4.57 Å². The average Bonchev–Trinajstić information content (AvgIpc) is 3.89. The van der Waals surface area contributed by atoms with Gasteiger partial charge in [-0.05, 0) is 80.2 Å². The molecule has 49 heavy (non-hydrogen) atoms. The molecule has 10 aromatic rings. The Bertz CT molecular complexity index is 3020. The van der Waals surface area contributed by atoms with Gasteiger partial charge in [0, 0.05) is 54.4 Å². The quantitative estimate of drug-likeness (QED) is 0.175. The van der Waals surface area contributed by atoms with Crippen LogP contribution in [0.4, 0.5) is 0 Å². The number of thiophene rings is 1. The summed E-state index contributed by atoms with van der Waals surface area (Å²) in [7, 11) is 0. The fourth-order valence-corrected chi connectivity index (χ4v) is 10.7. The fraction of sp³-hybridized carbons (Fsp3) is 0.0217. The van der Waals surface area contributed by atoms with E-state index < -0.39 is 0 Å². The Morgan fingerprint density at radius 2 is 1.10 bits per heavy atom. The van der Waals surface area contributed by atoms with Crippen LogP contribution in [0.3, 0.4) is 0 Å². The van der Waals surface area contributed by atoms with E-state index in [4.69, 9.17) is 0 Å². The minimum Gasteiger partial charge on any atom is -0.309 e. The molecule has 1 spiro atoms. The van der Waals surface area contributed by atoms with Crippen molar-refractivity contribution in [3.05, 3.63) is 180 Å². The van der Waals surface area contributed by atoms with Crippen molar-refractivity contribution in [3.8, 4) is 27.9 Å². The molecule has 0 amide bonds. The first-order valence-corrected chi connectivity index (χ1v) is 17.7. The minimum atomic E-state index is -0.349. The average molecular weight is 639 g/mol. The zero-order chi connectivity index (χ0) is 31.8. The van der Waals surface area contributed by atoms with E-state index >= 15 is 0 Å². The molecule has 0 saturated carbocycles. The number of pyridine rings is 1. The van der Waals surface area contributed by atoms with Gasteiger partial charge in [0.2, 0.25) is 0 Å². The number of benzene rings is 7. The van der Waals surface area contributed by atoms with Crippen molar-refractivity contribution in [2.24, 2.45) is 0 Å². The van der Waals surface area contributed by atoms with Gasteiger partial charge in [-0.1, -0.05) is 115 Å². The molecule has 2 aliphatic carbocycles. The van der Waals surface area contributed by atoms with Crippen LogP contribution in [0.15, 0.2) is 158 Å². The number of aromatic nitrogens is 2. The second-order valence-corrected chi connectivity index (χ2v) is 14.5. The molecule has 3 aromatic heterocycles. The summed E-state index contributed by atoms with van der Waals surface area (Å²) in [5, 5.41) is 7.64. The molecule has 0 bridgehead atoms. The third kappa shape index (κ3) is 3.02. The molecule has 226 valence electrons. The maximum Gasteiger partial charge on any atom is 0.0725 e. The first-order chi connectivity index (χ1) is 24.3. The van der Waals surface area contributed by atoms with E-state index in [1.54, 1.807) is 0 Å². The molecule has 0 atom stereocenters. The highest BCUT2D eigenvalue weighted by Crippen LogP contribution is 2.63. The molecule has 0 N–H and O–H groups in total. The highest BCUT2D eigenvalue weighted by molar-refractivity contribution is 7.27. The van der Waals surface area contributed by atoms with Crippen LogP contribution >= 0.6 is 11.3 Å². The molecule has 0 aliphatic heterocycles. The van der Waals surface area contributed by atoms with Crippen LogP contribution in [0.1, 0.15) is 22.3 Å². The summed E-state index contributed by atoms with van der Waals surface area (Å²) in [6.07, 6.45) is 4.00. The summed E-state index contributed by atoms with van der Waals surface area (Å²) in [4.78, 5) is 4.61. The predicted molar refractivity (Wildman–Crippen MR) is 205 cm³/mol. The van der Waals surface area contributed by atoms with Crippen LogP contribution in [-0.4, -0.2) is 9.55 Å². The monoisotopic (exact) mass is 638 g/mol. The normalized spacial score (nSPS) is 13.9. The third-order valence-electron chi connectivity index (χ3n) is 11.3. The van der Waals surface area contributed by atoms with Crippen molar-refractivity contribution in [1.29, 1.82) is 0 Å². The van der Waals surface area contributed by atoms with Crippen molar-refractivity contribution in [2.45, 2.75) is 5.41 Å².